The second kappa shape index (κ2) is 12.1. The smallest absolute Gasteiger partial charge is 0.178 e. The molecule has 4 rings (SSSR count). The van der Waals surface area contributed by atoms with E-state index >= 15 is 0 Å². The molecule has 0 spiro atoms. The summed E-state index contributed by atoms with van der Waals surface area (Å²) in [5.74, 6) is 0.204. The Balaban J connectivity index is 1.75. The van der Waals surface area contributed by atoms with Gasteiger partial charge in [0.1, 0.15) is 11.9 Å². The summed E-state index contributed by atoms with van der Waals surface area (Å²) in [6.07, 6.45) is 10.5. The van der Waals surface area contributed by atoms with Gasteiger partial charge in [-0.1, -0.05) is 86.1 Å². The van der Waals surface area contributed by atoms with Crippen molar-refractivity contribution in [1.82, 2.24) is 0 Å². The summed E-state index contributed by atoms with van der Waals surface area (Å²) in [4.78, 5) is 26.8. The number of carbonyl (C=O) groups excluding carboxylic acids is 2. The molecule has 3 aliphatic carbocycles. The predicted molar refractivity (Wildman–Crippen MR) is 181 cm³/mol. The monoisotopic (exact) mass is 635 g/mol. The van der Waals surface area contributed by atoms with Gasteiger partial charge in [0.25, 0.3) is 0 Å². The van der Waals surface area contributed by atoms with Crippen molar-refractivity contribution in [2.24, 2.45) is 44.3 Å². The van der Waals surface area contributed by atoms with Crippen molar-refractivity contribution in [1.29, 1.82) is 5.26 Å². The maximum absolute atomic E-state index is 13.8. The van der Waals surface area contributed by atoms with Crippen LogP contribution in [0, 0.1) is 55.7 Å². The number of hydrogen-bond acceptors (Lipinski definition) is 5. The van der Waals surface area contributed by atoms with Gasteiger partial charge in [-0.3, -0.25) is 4.79 Å². The second-order valence-corrected chi connectivity index (χ2v) is 19.2. The van der Waals surface area contributed by atoms with Gasteiger partial charge < -0.3 is 4.79 Å². The van der Waals surface area contributed by atoms with Gasteiger partial charge in [0.2, 0.25) is 0 Å². The Labute approximate surface area is 273 Å². The van der Waals surface area contributed by atoms with Gasteiger partial charge in [0.05, 0.1) is 16.2 Å². The number of fused-ring (bicyclic) bond motifs is 1. The van der Waals surface area contributed by atoms with Crippen LogP contribution in [-0.4, -0.2) is 25.7 Å². The molecule has 248 valence electrons. The van der Waals surface area contributed by atoms with E-state index in [2.05, 4.69) is 47.6 Å². The van der Waals surface area contributed by atoms with Crippen LogP contribution in [-0.2, 0) is 19.4 Å². The third kappa shape index (κ3) is 6.37. The van der Waals surface area contributed by atoms with Gasteiger partial charge in [-0.15, -0.1) is 0 Å². The molecular formula is C39H57NO4S. The highest BCUT2D eigenvalue weighted by atomic mass is 32.2. The van der Waals surface area contributed by atoms with Crippen LogP contribution in [0.3, 0.4) is 0 Å². The fraction of sp³-hybridized carbons (Fsp3) is 0.718. The average molecular weight is 636 g/mol. The van der Waals surface area contributed by atoms with Crippen LogP contribution in [0.5, 0.6) is 0 Å². The molecule has 1 aromatic rings. The first-order chi connectivity index (χ1) is 20.7. The van der Waals surface area contributed by atoms with E-state index in [9.17, 15) is 23.3 Å². The molecule has 0 unspecified atom stereocenters. The van der Waals surface area contributed by atoms with E-state index in [0.717, 1.165) is 57.8 Å². The maximum atomic E-state index is 13.8. The van der Waals surface area contributed by atoms with Gasteiger partial charge in [0, 0.05) is 11.8 Å². The largest absolute Gasteiger partial charge is 0.300 e. The van der Waals surface area contributed by atoms with Crippen LogP contribution in [0.1, 0.15) is 127 Å². The molecule has 2 saturated carbocycles. The highest BCUT2D eigenvalue weighted by Gasteiger charge is 2.64. The summed E-state index contributed by atoms with van der Waals surface area (Å²) < 4.78 is 27.7. The Morgan fingerprint density at radius 3 is 2.13 bits per heavy atom. The Morgan fingerprint density at radius 2 is 1.60 bits per heavy atom. The third-order valence-corrected chi connectivity index (χ3v) is 15.6. The summed E-state index contributed by atoms with van der Waals surface area (Å²) in [5.41, 5.74) is -1.47. The van der Waals surface area contributed by atoms with E-state index in [4.69, 9.17) is 0 Å². The van der Waals surface area contributed by atoms with Gasteiger partial charge >= 0.3 is 0 Å². The summed E-state index contributed by atoms with van der Waals surface area (Å²) in [6, 6.07) is 11.1. The molecular weight excluding hydrogens is 578 g/mol. The lowest BCUT2D eigenvalue weighted by atomic mass is 9.39. The van der Waals surface area contributed by atoms with Crippen molar-refractivity contribution < 1.29 is 18.0 Å². The first kappa shape index (κ1) is 35.6. The normalized spacial score (nSPS) is 32.0. The molecule has 0 heterocycles. The molecule has 2 fully saturated rings. The predicted octanol–water partition coefficient (Wildman–Crippen LogP) is 9.32. The van der Waals surface area contributed by atoms with Crippen LogP contribution >= 0.6 is 0 Å². The van der Waals surface area contributed by atoms with E-state index in [0.29, 0.717) is 11.3 Å². The van der Waals surface area contributed by atoms with Crippen LogP contribution in [0.2, 0.25) is 0 Å². The van der Waals surface area contributed by atoms with Crippen molar-refractivity contribution in [3.8, 4) is 6.07 Å². The number of sulfone groups is 1. The van der Waals surface area contributed by atoms with Crippen molar-refractivity contribution in [2.75, 3.05) is 5.75 Å². The summed E-state index contributed by atoms with van der Waals surface area (Å²) in [7, 11) is -3.46. The summed E-state index contributed by atoms with van der Waals surface area (Å²) >= 11 is 0. The second-order valence-electron chi connectivity index (χ2n) is 17.2. The highest BCUT2D eigenvalue weighted by Crippen LogP contribution is 2.69. The van der Waals surface area contributed by atoms with Crippen molar-refractivity contribution >= 4 is 21.4 Å². The SMILES string of the molecule is CC[C@@](C)(CCC1(CS(=O)(=O)c2ccccc2)CCC(C)(C)CC1)[C@]1(C)CC[C@H]2C(C)(C)C(=O)C(C#N)=C[C@]2(C)[C@H]1CC(C)=O. The minimum Gasteiger partial charge on any atom is -0.300 e. The molecule has 0 radical (unpaired) electrons. The molecule has 0 N–H and O–H groups in total. The maximum Gasteiger partial charge on any atom is 0.178 e. The van der Waals surface area contributed by atoms with Gasteiger partial charge in [0.15, 0.2) is 15.6 Å². The fourth-order valence-corrected chi connectivity index (χ4v) is 12.0. The molecule has 0 saturated heterocycles. The number of carbonyl (C=O) groups is 2. The fourth-order valence-electron chi connectivity index (χ4n) is 10.1. The lowest BCUT2D eigenvalue weighted by Crippen LogP contribution is -2.60. The zero-order chi connectivity index (χ0) is 33.7. The van der Waals surface area contributed by atoms with E-state index in [1.165, 1.54) is 0 Å². The molecule has 0 amide bonds. The molecule has 0 aromatic heterocycles. The van der Waals surface area contributed by atoms with Crippen LogP contribution in [0.15, 0.2) is 46.9 Å². The number of ketones is 2. The highest BCUT2D eigenvalue weighted by molar-refractivity contribution is 7.91. The zero-order valence-electron chi connectivity index (χ0n) is 29.4. The molecule has 3 aliphatic rings. The molecule has 0 bridgehead atoms. The quantitative estimate of drug-likeness (QED) is 0.255. The van der Waals surface area contributed by atoms with E-state index < -0.39 is 20.7 Å². The van der Waals surface area contributed by atoms with E-state index in [1.807, 2.05) is 26.0 Å². The van der Waals surface area contributed by atoms with Crippen LogP contribution in [0.4, 0.5) is 0 Å². The molecule has 45 heavy (non-hydrogen) atoms. The molecule has 1 aromatic carbocycles. The van der Waals surface area contributed by atoms with E-state index in [-0.39, 0.29) is 56.4 Å². The minimum atomic E-state index is -3.46. The van der Waals surface area contributed by atoms with Crippen molar-refractivity contribution in [2.45, 2.75) is 131 Å². The number of benzene rings is 1. The van der Waals surface area contributed by atoms with Gasteiger partial charge in [-0.2, -0.15) is 5.26 Å². The summed E-state index contributed by atoms with van der Waals surface area (Å²) in [5, 5.41) is 10.0. The molecule has 0 aliphatic heterocycles. The Kier molecular flexibility index (Phi) is 9.55. The Morgan fingerprint density at radius 1 is 1.00 bits per heavy atom. The molecule has 6 heteroatoms. The topological polar surface area (TPSA) is 92.1 Å². The number of nitriles is 1. The lowest BCUT2D eigenvalue weighted by molar-refractivity contribution is -0.159. The molecule has 5 atom stereocenters. The first-order valence-electron chi connectivity index (χ1n) is 17.2. The summed E-state index contributed by atoms with van der Waals surface area (Å²) in [6.45, 7) is 19.4. The van der Waals surface area contributed by atoms with E-state index in [1.54, 1.807) is 31.2 Å². The Hall–Kier alpha value is -2.26. The van der Waals surface area contributed by atoms with Crippen molar-refractivity contribution in [3.63, 3.8) is 0 Å². The van der Waals surface area contributed by atoms with Crippen molar-refractivity contribution in [3.05, 3.63) is 42.0 Å². The Bertz CT molecular complexity index is 1470. The van der Waals surface area contributed by atoms with Crippen LogP contribution in [0.25, 0.3) is 0 Å². The van der Waals surface area contributed by atoms with Gasteiger partial charge in [-0.25, -0.2) is 8.42 Å². The number of nitrogens with zero attached hydrogens (tertiary/aromatic N) is 1. The van der Waals surface area contributed by atoms with Crippen LogP contribution < -0.4 is 0 Å². The lowest BCUT2D eigenvalue weighted by Gasteiger charge is -2.65. The average Bonchev–Trinajstić information content (AvgIpc) is 2.97. The first-order valence-corrected chi connectivity index (χ1v) is 18.8. The third-order valence-electron chi connectivity index (χ3n) is 13.6. The molecule has 5 nitrogen and oxygen atoms in total. The number of Topliss-reactive ketones (excluding diaryl/α,β-unsaturated/α-hetero) is 2. The minimum absolute atomic E-state index is 0.0380. The number of allylic oxidation sites excluding steroid dienone is 2. The van der Waals surface area contributed by atoms with Gasteiger partial charge in [-0.05, 0) is 109 Å². The number of rotatable bonds is 10. The standard InChI is InChI=1S/C39H57NO4S/c1-10-36(7,20-23-39(21-18-34(3,4)19-22-39)27-45(43,44)30-14-12-11-13-15-30)38(9)17-16-31-35(5,6)33(42)29(26-40)25-37(31,8)32(38)24-28(2)41/h11-15,25,31-32H,10,16-24,27H2,1-9H3/t31-,32+,36-,37-,38+/m0/s1. The number of hydrogen-bond donors (Lipinski definition) is 0. The zero-order valence-corrected chi connectivity index (χ0v) is 30.2.